The second-order valence-corrected chi connectivity index (χ2v) is 4.42. The van der Waals surface area contributed by atoms with Crippen LogP contribution >= 0.6 is 0 Å². The summed E-state index contributed by atoms with van der Waals surface area (Å²) in [6.45, 7) is 8.31. The fourth-order valence-corrected chi connectivity index (χ4v) is 0.748. The Morgan fingerprint density at radius 2 is 1.50 bits per heavy atom. The quantitative estimate of drug-likeness (QED) is 0.705. The Labute approximate surface area is 96.5 Å². The maximum Gasteiger partial charge on any atom is 0.407 e. The number of esters is 1. The number of alkyl carbamates (subject to hydrolysis) is 1. The molecule has 94 valence electrons. The molecule has 0 aromatic heterocycles. The number of carbonyl (C=O) groups is 2. The molecule has 0 aromatic rings. The van der Waals surface area contributed by atoms with Crippen molar-refractivity contribution in [2.45, 2.75) is 27.7 Å². The first kappa shape index (κ1) is 14.7. The summed E-state index contributed by atoms with van der Waals surface area (Å²) in [4.78, 5) is 22.1. The summed E-state index contributed by atoms with van der Waals surface area (Å²) in [7, 11) is 0. The molecule has 0 aliphatic carbocycles. The van der Waals surface area contributed by atoms with Gasteiger partial charge in [-0.1, -0.05) is 27.7 Å². The first-order chi connectivity index (χ1) is 7.41. The Morgan fingerprint density at radius 3 is 2.00 bits per heavy atom. The topological polar surface area (TPSA) is 64.6 Å². The number of carbonyl (C=O) groups excluding carboxylic acids is 2. The molecule has 0 aliphatic heterocycles. The maximum absolute atomic E-state index is 11.1. The van der Waals surface area contributed by atoms with Gasteiger partial charge in [-0.2, -0.15) is 0 Å². The first-order valence-corrected chi connectivity index (χ1v) is 5.48. The van der Waals surface area contributed by atoms with Gasteiger partial charge in [-0.05, 0) is 11.8 Å². The third kappa shape index (κ3) is 9.30. The van der Waals surface area contributed by atoms with E-state index in [9.17, 15) is 9.59 Å². The van der Waals surface area contributed by atoms with Crippen molar-refractivity contribution in [2.24, 2.45) is 11.8 Å². The Morgan fingerprint density at radius 1 is 1.00 bits per heavy atom. The van der Waals surface area contributed by atoms with Gasteiger partial charge >= 0.3 is 12.1 Å². The predicted octanol–water partition coefficient (Wildman–Crippen LogP) is 1.57. The molecular formula is C11H21NO4. The van der Waals surface area contributed by atoms with Crippen molar-refractivity contribution in [1.82, 2.24) is 5.32 Å². The van der Waals surface area contributed by atoms with E-state index in [0.29, 0.717) is 13.2 Å². The molecule has 0 aromatic carbocycles. The van der Waals surface area contributed by atoms with E-state index in [2.05, 4.69) is 5.32 Å². The van der Waals surface area contributed by atoms with Crippen molar-refractivity contribution >= 4 is 12.1 Å². The van der Waals surface area contributed by atoms with Crippen molar-refractivity contribution in [2.75, 3.05) is 19.8 Å². The summed E-state index contributed by atoms with van der Waals surface area (Å²) in [5.74, 6) is 0.116. The lowest BCUT2D eigenvalue weighted by Gasteiger charge is -2.09. The maximum atomic E-state index is 11.1. The lowest BCUT2D eigenvalue weighted by atomic mass is 10.2. The van der Waals surface area contributed by atoms with Gasteiger partial charge < -0.3 is 14.8 Å². The normalized spacial score (nSPS) is 10.4. The second-order valence-electron chi connectivity index (χ2n) is 4.42. The molecular weight excluding hydrogens is 210 g/mol. The summed E-state index contributed by atoms with van der Waals surface area (Å²) >= 11 is 0. The molecule has 0 heterocycles. The van der Waals surface area contributed by atoms with Crippen LogP contribution in [0.25, 0.3) is 0 Å². The number of rotatable bonds is 6. The molecule has 16 heavy (non-hydrogen) atoms. The molecule has 0 saturated heterocycles. The smallest absolute Gasteiger partial charge is 0.407 e. The van der Waals surface area contributed by atoms with E-state index in [1.165, 1.54) is 0 Å². The number of hydrogen-bond acceptors (Lipinski definition) is 4. The van der Waals surface area contributed by atoms with E-state index in [4.69, 9.17) is 9.47 Å². The Balaban J connectivity index is 3.55. The van der Waals surface area contributed by atoms with Crippen molar-refractivity contribution in [3.8, 4) is 0 Å². The van der Waals surface area contributed by atoms with E-state index in [-0.39, 0.29) is 18.4 Å². The zero-order valence-electron chi connectivity index (χ0n) is 10.4. The van der Waals surface area contributed by atoms with E-state index in [0.717, 1.165) is 0 Å². The standard InChI is InChI=1S/C11H21NO4/c1-8(2)6-15-10(13)5-12-11(14)16-7-9(3)4/h8-9H,5-7H2,1-4H3,(H,12,14). The van der Waals surface area contributed by atoms with Crippen LogP contribution in [0, 0.1) is 11.8 Å². The van der Waals surface area contributed by atoms with Gasteiger partial charge in [-0.25, -0.2) is 4.79 Å². The molecule has 0 fully saturated rings. The highest BCUT2D eigenvalue weighted by atomic mass is 16.6. The third-order valence-corrected chi connectivity index (χ3v) is 1.50. The summed E-state index contributed by atoms with van der Waals surface area (Å²) < 4.78 is 9.69. The van der Waals surface area contributed by atoms with Crippen LogP contribution in [0.4, 0.5) is 4.79 Å². The van der Waals surface area contributed by atoms with Gasteiger partial charge in [0.15, 0.2) is 0 Å². The van der Waals surface area contributed by atoms with Gasteiger partial charge in [0.05, 0.1) is 13.2 Å². The van der Waals surface area contributed by atoms with Crippen LogP contribution in [0.3, 0.4) is 0 Å². The van der Waals surface area contributed by atoms with Crippen LogP contribution in [0.2, 0.25) is 0 Å². The van der Waals surface area contributed by atoms with Crippen LogP contribution in [0.15, 0.2) is 0 Å². The van der Waals surface area contributed by atoms with Gasteiger partial charge in [0.2, 0.25) is 0 Å². The molecule has 0 saturated carbocycles. The average molecular weight is 231 g/mol. The van der Waals surface area contributed by atoms with E-state index < -0.39 is 12.1 Å². The lowest BCUT2D eigenvalue weighted by molar-refractivity contribution is -0.143. The fraction of sp³-hybridized carbons (Fsp3) is 0.818. The summed E-state index contributed by atoms with van der Waals surface area (Å²) in [6.07, 6.45) is -0.588. The Kier molecular flexibility index (Phi) is 7.33. The van der Waals surface area contributed by atoms with Crippen molar-refractivity contribution in [1.29, 1.82) is 0 Å². The molecule has 5 nitrogen and oxygen atoms in total. The monoisotopic (exact) mass is 231 g/mol. The van der Waals surface area contributed by atoms with Gasteiger partial charge in [0.1, 0.15) is 6.54 Å². The second kappa shape index (κ2) is 7.96. The number of hydrogen-bond donors (Lipinski definition) is 1. The summed E-state index contributed by atoms with van der Waals surface area (Å²) in [5.41, 5.74) is 0. The molecule has 0 rings (SSSR count). The molecule has 0 radical (unpaired) electrons. The third-order valence-electron chi connectivity index (χ3n) is 1.50. The first-order valence-electron chi connectivity index (χ1n) is 5.48. The van der Waals surface area contributed by atoms with E-state index in [1.54, 1.807) is 0 Å². The molecule has 0 unspecified atom stereocenters. The van der Waals surface area contributed by atoms with Gasteiger partial charge in [-0.3, -0.25) is 4.79 Å². The highest BCUT2D eigenvalue weighted by Crippen LogP contribution is 1.94. The zero-order chi connectivity index (χ0) is 12.6. The van der Waals surface area contributed by atoms with E-state index >= 15 is 0 Å². The SMILES string of the molecule is CC(C)COC(=O)CNC(=O)OCC(C)C. The molecule has 5 heteroatoms. The van der Waals surface area contributed by atoms with Crippen LogP contribution in [0.5, 0.6) is 0 Å². The minimum atomic E-state index is -0.588. The molecule has 1 amide bonds. The molecule has 0 spiro atoms. The molecule has 0 bridgehead atoms. The number of amides is 1. The number of nitrogens with one attached hydrogen (secondary N) is 1. The molecule has 1 N–H and O–H groups in total. The van der Waals surface area contributed by atoms with Crippen LogP contribution < -0.4 is 5.32 Å². The average Bonchev–Trinajstić information content (AvgIpc) is 2.20. The fourth-order valence-electron chi connectivity index (χ4n) is 0.748. The Hall–Kier alpha value is -1.26. The van der Waals surface area contributed by atoms with Gasteiger partial charge in [0.25, 0.3) is 0 Å². The summed E-state index contributed by atoms with van der Waals surface area (Å²) in [5, 5.41) is 2.33. The van der Waals surface area contributed by atoms with Crippen molar-refractivity contribution in [3.05, 3.63) is 0 Å². The minimum absolute atomic E-state index is 0.149. The minimum Gasteiger partial charge on any atom is -0.464 e. The Bertz CT molecular complexity index is 202. The van der Waals surface area contributed by atoms with Crippen LogP contribution in [0.1, 0.15) is 27.7 Å². The highest BCUT2D eigenvalue weighted by Gasteiger charge is 2.08. The number of ether oxygens (including phenoxy) is 2. The van der Waals surface area contributed by atoms with Gasteiger partial charge in [-0.15, -0.1) is 0 Å². The van der Waals surface area contributed by atoms with E-state index in [1.807, 2.05) is 27.7 Å². The highest BCUT2D eigenvalue weighted by molar-refractivity contribution is 5.77. The molecule has 0 aliphatic rings. The predicted molar refractivity (Wildman–Crippen MR) is 60.0 cm³/mol. The van der Waals surface area contributed by atoms with Crippen LogP contribution in [-0.4, -0.2) is 31.8 Å². The lowest BCUT2D eigenvalue weighted by Crippen LogP contribution is -2.32. The van der Waals surface area contributed by atoms with Crippen molar-refractivity contribution < 1.29 is 19.1 Å². The van der Waals surface area contributed by atoms with Gasteiger partial charge in [0, 0.05) is 0 Å². The zero-order valence-corrected chi connectivity index (χ0v) is 10.4. The van der Waals surface area contributed by atoms with Crippen LogP contribution in [-0.2, 0) is 14.3 Å². The summed E-state index contributed by atoms with van der Waals surface area (Å²) in [6, 6.07) is 0. The molecule has 0 atom stereocenters. The van der Waals surface area contributed by atoms with Crippen molar-refractivity contribution in [3.63, 3.8) is 0 Å². The largest absolute Gasteiger partial charge is 0.464 e.